The predicted octanol–water partition coefficient (Wildman–Crippen LogP) is 4.27. The molecule has 1 N–H and O–H groups in total. The van der Waals surface area contributed by atoms with Crippen molar-refractivity contribution in [3.8, 4) is 0 Å². The van der Waals surface area contributed by atoms with Gasteiger partial charge in [-0.05, 0) is 36.6 Å². The molecule has 0 saturated carbocycles. The van der Waals surface area contributed by atoms with Crippen molar-refractivity contribution >= 4 is 23.2 Å². The van der Waals surface area contributed by atoms with Gasteiger partial charge in [0.2, 0.25) is 0 Å². The van der Waals surface area contributed by atoms with Gasteiger partial charge in [-0.1, -0.05) is 19.1 Å². The molecule has 1 amide bonds. The Morgan fingerprint density at radius 2 is 2.20 bits per heavy atom. The summed E-state index contributed by atoms with van der Waals surface area (Å²) in [4.78, 5) is 12.2. The highest BCUT2D eigenvalue weighted by Crippen LogP contribution is 2.16. The Kier molecular flexibility index (Phi) is 5.24. The van der Waals surface area contributed by atoms with Gasteiger partial charge in [0.15, 0.2) is 0 Å². The minimum absolute atomic E-state index is 0.134. The first-order chi connectivity index (χ1) is 9.74. The molecule has 2 rings (SSSR count). The third-order valence-electron chi connectivity index (χ3n) is 3.10. The molecule has 20 heavy (non-hydrogen) atoms. The quantitative estimate of drug-likeness (QED) is 0.808. The largest absolute Gasteiger partial charge is 0.469 e. The molecule has 3 nitrogen and oxygen atoms in total. The highest BCUT2D eigenvalue weighted by Gasteiger charge is 2.13. The lowest BCUT2D eigenvalue weighted by atomic mass is 10.1. The smallest absolute Gasteiger partial charge is 0.259 e. The van der Waals surface area contributed by atoms with Gasteiger partial charge in [-0.25, -0.2) is 0 Å². The normalized spacial score (nSPS) is 10.5. The van der Waals surface area contributed by atoms with Crippen LogP contribution in [0.25, 0.3) is 0 Å². The van der Waals surface area contributed by atoms with Gasteiger partial charge < -0.3 is 9.73 Å². The number of nitrogens with one attached hydrogen (secondary N) is 1. The number of rotatable bonds is 6. The zero-order valence-electron chi connectivity index (χ0n) is 11.5. The fourth-order valence-electron chi connectivity index (χ4n) is 2.09. The van der Waals surface area contributed by atoms with Crippen molar-refractivity contribution in [2.75, 3.05) is 11.2 Å². The van der Waals surface area contributed by atoms with E-state index in [1.807, 2.05) is 31.2 Å². The summed E-state index contributed by atoms with van der Waals surface area (Å²) in [5, 5.41) is 2.90. The van der Waals surface area contributed by atoms with Crippen LogP contribution in [0.3, 0.4) is 0 Å². The van der Waals surface area contributed by atoms with Crippen molar-refractivity contribution in [2.24, 2.45) is 0 Å². The number of carbonyl (C=O) groups excluding carboxylic acids is 1. The Balaban J connectivity index is 2.08. The third kappa shape index (κ3) is 3.64. The lowest BCUT2D eigenvalue weighted by molar-refractivity contribution is 0.102. The van der Waals surface area contributed by atoms with Gasteiger partial charge in [0, 0.05) is 18.0 Å². The number of aryl methyl sites for hydroxylation is 2. The van der Waals surface area contributed by atoms with Crippen LogP contribution in [0.2, 0.25) is 0 Å². The van der Waals surface area contributed by atoms with E-state index in [4.69, 9.17) is 16.0 Å². The molecular weight excluding hydrogens is 274 g/mol. The Morgan fingerprint density at radius 1 is 1.35 bits per heavy atom. The molecule has 106 valence electrons. The first-order valence-electron chi connectivity index (χ1n) is 6.77. The third-order valence-corrected chi connectivity index (χ3v) is 3.36. The van der Waals surface area contributed by atoms with Crippen LogP contribution >= 0.6 is 11.6 Å². The highest BCUT2D eigenvalue weighted by atomic mass is 35.5. The van der Waals surface area contributed by atoms with Crippen LogP contribution in [0.5, 0.6) is 0 Å². The zero-order valence-corrected chi connectivity index (χ0v) is 12.2. The Labute approximate surface area is 123 Å². The number of carbonyl (C=O) groups is 1. The van der Waals surface area contributed by atoms with Crippen LogP contribution in [0.15, 0.2) is 41.0 Å². The van der Waals surface area contributed by atoms with Gasteiger partial charge in [-0.15, -0.1) is 11.6 Å². The molecule has 0 aliphatic carbocycles. The number of amides is 1. The molecule has 0 radical (unpaired) electrons. The van der Waals surface area contributed by atoms with Crippen molar-refractivity contribution in [3.05, 3.63) is 53.5 Å². The highest BCUT2D eigenvalue weighted by molar-refractivity contribution is 6.17. The summed E-state index contributed by atoms with van der Waals surface area (Å²) in [6.07, 6.45) is 4.09. The van der Waals surface area contributed by atoms with Gasteiger partial charge in [-0.3, -0.25) is 4.79 Å². The van der Waals surface area contributed by atoms with Gasteiger partial charge in [0.25, 0.3) is 5.91 Å². The Bertz CT molecular complexity index is 577. The molecule has 0 atom stereocenters. The van der Waals surface area contributed by atoms with Crippen LogP contribution in [0.1, 0.15) is 35.0 Å². The Hall–Kier alpha value is -1.74. The molecular formula is C16H18ClNO2. The maximum absolute atomic E-state index is 12.2. The molecule has 0 saturated heterocycles. The van der Waals surface area contributed by atoms with Crippen molar-refractivity contribution in [1.29, 1.82) is 0 Å². The first kappa shape index (κ1) is 14.7. The van der Waals surface area contributed by atoms with E-state index in [9.17, 15) is 4.79 Å². The van der Waals surface area contributed by atoms with Gasteiger partial charge in [-0.2, -0.15) is 0 Å². The number of furan rings is 1. The van der Waals surface area contributed by atoms with Crippen molar-refractivity contribution < 1.29 is 9.21 Å². The number of anilines is 1. The van der Waals surface area contributed by atoms with E-state index in [-0.39, 0.29) is 5.91 Å². The molecule has 0 fully saturated rings. The summed E-state index contributed by atoms with van der Waals surface area (Å²) in [6, 6.07) is 9.54. The van der Waals surface area contributed by atoms with Gasteiger partial charge in [0.1, 0.15) is 5.76 Å². The molecule has 4 heteroatoms. The number of benzene rings is 1. The second-order valence-corrected chi connectivity index (χ2v) is 4.94. The zero-order chi connectivity index (χ0) is 14.4. The summed E-state index contributed by atoms with van der Waals surface area (Å²) in [7, 11) is 0. The maximum Gasteiger partial charge on any atom is 0.259 e. The molecule has 0 spiro atoms. The summed E-state index contributed by atoms with van der Waals surface area (Å²) < 4.78 is 5.27. The number of hydrogen-bond donors (Lipinski definition) is 1. The summed E-state index contributed by atoms with van der Waals surface area (Å²) in [5.41, 5.74) is 2.57. The molecule has 0 aliphatic heterocycles. The molecule has 0 bridgehead atoms. The summed E-state index contributed by atoms with van der Waals surface area (Å²) in [5.74, 6) is 1.22. The fraction of sp³-hybridized carbons (Fsp3) is 0.312. The summed E-state index contributed by atoms with van der Waals surface area (Å²) in [6.45, 7) is 1.96. The van der Waals surface area contributed by atoms with E-state index in [0.717, 1.165) is 18.5 Å². The van der Waals surface area contributed by atoms with Crippen LogP contribution in [-0.2, 0) is 12.8 Å². The van der Waals surface area contributed by atoms with E-state index in [0.29, 0.717) is 23.6 Å². The number of hydrogen-bond acceptors (Lipinski definition) is 2. The maximum atomic E-state index is 12.2. The predicted molar refractivity (Wildman–Crippen MR) is 81.5 cm³/mol. The van der Waals surface area contributed by atoms with Crippen molar-refractivity contribution in [2.45, 2.75) is 26.2 Å². The fourth-order valence-corrected chi connectivity index (χ4v) is 2.22. The Morgan fingerprint density at radius 3 is 2.95 bits per heavy atom. The monoisotopic (exact) mass is 291 g/mol. The lowest BCUT2D eigenvalue weighted by Gasteiger charge is -2.07. The van der Waals surface area contributed by atoms with Gasteiger partial charge in [0.05, 0.1) is 11.8 Å². The number of alkyl halides is 1. The standard InChI is InChI=1S/C16H18ClNO2/c1-2-15-14(8-10-20-15)16(19)18-13-7-3-5-12(11-13)6-4-9-17/h3,5,7-8,10-11H,2,4,6,9H2,1H3,(H,18,19). The molecule has 0 aliphatic rings. The van der Waals surface area contributed by atoms with Crippen molar-refractivity contribution in [3.63, 3.8) is 0 Å². The lowest BCUT2D eigenvalue weighted by Crippen LogP contribution is -2.12. The second kappa shape index (κ2) is 7.15. The molecule has 0 unspecified atom stereocenters. The molecule has 1 aromatic carbocycles. The van der Waals surface area contributed by atoms with Gasteiger partial charge >= 0.3 is 0 Å². The topological polar surface area (TPSA) is 42.2 Å². The molecule has 1 aromatic heterocycles. The minimum atomic E-state index is -0.134. The second-order valence-electron chi connectivity index (χ2n) is 4.56. The SMILES string of the molecule is CCc1occc1C(=O)Nc1cccc(CCCCl)c1. The molecule has 1 heterocycles. The minimum Gasteiger partial charge on any atom is -0.469 e. The van der Waals surface area contributed by atoms with Crippen molar-refractivity contribution in [1.82, 2.24) is 0 Å². The molecule has 2 aromatic rings. The average molecular weight is 292 g/mol. The van der Waals surface area contributed by atoms with Crippen LogP contribution < -0.4 is 5.32 Å². The van der Waals surface area contributed by atoms with E-state index in [1.165, 1.54) is 5.56 Å². The average Bonchev–Trinajstić information content (AvgIpc) is 2.94. The number of halogens is 1. The van der Waals surface area contributed by atoms with E-state index in [1.54, 1.807) is 12.3 Å². The van der Waals surface area contributed by atoms with E-state index < -0.39 is 0 Å². The van der Waals surface area contributed by atoms with Crippen LogP contribution in [-0.4, -0.2) is 11.8 Å². The van der Waals surface area contributed by atoms with Crippen LogP contribution in [0, 0.1) is 0 Å². The van der Waals surface area contributed by atoms with E-state index in [2.05, 4.69) is 5.32 Å². The first-order valence-corrected chi connectivity index (χ1v) is 7.30. The van der Waals surface area contributed by atoms with Crippen LogP contribution in [0.4, 0.5) is 5.69 Å². The van der Waals surface area contributed by atoms with E-state index >= 15 is 0 Å². The summed E-state index contributed by atoms with van der Waals surface area (Å²) >= 11 is 5.70.